The molecular weight excluding hydrogens is 328 g/mol. The van der Waals surface area contributed by atoms with Gasteiger partial charge in [-0.05, 0) is 51.8 Å². The van der Waals surface area contributed by atoms with Crippen molar-refractivity contribution in [2.75, 3.05) is 0 Å². The van der Waals surface area contributed by atoms with Crippen molar-refractivity contribution in [3.05, 3.63) is 63.1 Å². The second-order valence-electron chi connectivity index (χ2n) is 3.97. The quantitative estimate of drug-likeness (QED) is 0.654. The Morgan fingerprint density at radius 3 is 2.68 bits per heavy atom. The number of nitrogen functional groups attached to an aromatic ring is 1. The molecule has 0 spiro atoms. The highest BCUT2D eigenvalue weighted by atomic mass is 79.9. The molecule has 3 nitrogen and oxygen atoms in total. The summed E-state index contributed by atoms with van der Waals surface area (Å²) in [4.78, 5) is 0. The molecule has 19 heavy (non-hydrogen) atoms. The van der Waals surface area contributed by atoms with E-state index in [9.17, 15) is 0 Å². The van der Waals surface area contributed by atoms with Gasteiger partial charge in [0.15, 0.2) is 0 Å². The number of amidine groups is 1. The zero-order chi connectivity index (χ0) is 13.8. The second-order valence-corrected chi connectivity index (χ2v) is 5.26. The van der Waals surface area contributed by atoms with Crippen LogP contribution < -0.4 is 10.5 Å². The molecule has 98 valence electrons. The van der Waals surface area contributed by atoms with E-state index in [0.717, 1.165) is 10.0 Å². The Morgan fingerprint density at radius 1 is 1.26 bits per heavy atom. The summed E-state index contributed by atoms with van der Waals surface area (Å²) in [6.45, 7) is 0.437. The van der Waals surface area contributed by atoms with E-state index in [4.69, 9.17) is 27.5 Å². The molecule has 0 saturated heterocycles. The molecule has 3 N–H and O–H groups in total. The maximum absolute atomic E-state index is 7.40. The first-order valence-electron chi connectivity index (χ1n) is 5.57. The predicted molar refractivity (Wildman–Crippen MR) is 80.9 cm³/mol. The van der Waals surface area contributed by atoms with Crippen LogP contribution >= 0.6 is 27.5 Å². The molecule has 0 aromatic heterocycles. The molecule has 0 radical (unpaired) electrons. The van der Waals surface area contributed by atoms with Gasteiger partial charge >= 0.3 is 0 Å². The SMILES string of the molecule is N=C(N)c1ccc(OCc2cccc(Cl)c2)cc1Br. The van der Waals surface area contributed by atoms with Gasteiger partial charge in [-0.25, -0.2) is 0 Å². The minimum Gasteiger partial charge on any atom is -0.489 e. The first-order chi connectivity index (χ1) is 9.06. The molecule has 0 atom stereocenters. The molecule has 0 fully saturated rings. The van der Waals surface area contributed by atoms with E-state index in [1.54, 1.807) is 18.2 Å². The molecule has 0 aliphatic rings. The van der Waals surface area contributed by atoms with Crippen LogP contribution in [0, 0.1) is 5.41 Å². The Hall–Kier alpha value is -1.52. The molecule has 0 saturated carbocycles. The molecular formula is C14H12BrClN2O. The summed E-state index contributed by atoms with van der Waals surface area (Å²) < 4.78 is 6.40. The number of halogens is 2. The number of ether oxygens (including phenoxy) is 1. The van der Waals surface area contributed by atoms with Gasteiger partial charge in [0, 0.05) is 15.1 Å². The van der Waals surface area contributed by atoms with Crippen molar-refractivity contribution >= 4 is 33.4 Å². The van der Waals surface area contributed by atoms with E-state index in [2.05, 4.69) is 15.9 Å². The number of hydrogen-bond acceptors (Lipinski definition) is 2. The fraction of sp³-hybridized carbons (Fsp3) is 0.0714. The Morgan fingerprint density at radius 2 is 2.05 bits per heavy atom. The van der Waals surface area contributed by atoms with Crippen molar-refractivity contribution in [1.82, 2.24) is 0 Å². The number of hydrogen-bond donors (Lipinski definition) is 2. The number of nitrogens with one attached hydrogen (secondary N) is 1. The van der Waals surface area contributed by atoms with Gasteiger partial charge in [0.05, 0.1) is 0 Å². The summed E-state index contributed by atoms with van der Waals surface area (Å²) in [7, 11) is 0. The zero-order valence-electron chi connectivity index (χ0n) is 9.99. The molecule has 0 bridgehead atoms. The Labute approximate surface area is 125 Å². The van der Waals surface area contributed by atoms with E-state index in [1.165, 1.54) is 0 Å². The Bertz CT molecular complexity index is 616. The molecule has 0 heterocycles. The lowest BCUT2D eigenvalue weighted by Crippen LogP contribution is -2.11. The molecule has 0 aliphatic heterocycles. The summed E-state index contributed by atoms with van der Waals surface area (Å²) >= 11 is 9.27. The number of rotatable bonds is 4. The molecule has 5 heteroatoms. The summed E-state index contributed by atoms with van der Waals surface area (Å²) in [6.07, 6.45) is 0. The van der Waals surface area contributed by atoms with Crippen LogP contribution in [0.25, 0.3) is 0 Å². The van der Waals surface area contributed by atoms with Crippen molar-refractivity contribution in [1.29, 1.82) is 5.41 Å². The van der Waals surface area contributed by atoms with Gasteiger partial charge in [0.1, 0.15) is 18.2 Å². The first-order valence-corrected chi connectivity index (χ1v) is 6.74. The topological polar surface area (TPSA) is 59.1 Å². The molecule has 2 aromatic carbocycles. The third kappa shape index (κ3) is 3.72. The van der Waals surface area contributed by atoms with Crippen molar-refractivity contribution < 1.29 is 4.74 Å². The average molecular weight is 340 g/mol. The Balaban J connectivity index is 2.08. The smallest absolute Gasteiger partial charge is 0.123 e. The first kappa shape index (κ1) is 13.9. The average Bonchev–Trinajstić information content (AvgIpc) is 2.36. The van der Waals surface area contributed by atoms with E-state index in [-0.39, 0.29) is 5.84 Å². The number of nitrogens with two attached hydrogens (primary N) is 1. The van der Waals surface area contributed by atoms with Crippen LogP contribution in [0.15, 0.2) is 46.9 Å². The summed E-state index contributed by atoms with van der Waals surface area (Å²) in [5.41, 5.74) is 7.09. The van der Waals surface area contributed by atoms with Crippen molar-refractivity contribution in [3.8, 4) is 5.75 Å². The highest BCUT2D eigenvalue weighted by Gasteiger charge is 2.05. The third-order valence-electron chi connectivity index (χ3n) is 2.53. The molecule has 2 aromatic rings. The molecule has 0 aliphatic carbocycles. The van der Waals surface area contributed by atoms with E-state index >= 15 is 0 Å². The predicted octanol–water partition coefficient (Wildman–Crippen LogP) is 3.97. The highest BCUT2D eigenvalue weighted by molar-refractivity contribution is 9.10. The van der Waals surface area contributed by atoms with Gasteiger partial charge in [0.25, 0.3) is 0 Å². The van der Waals surface area contributed by atoms with Gasteiger partial charge < -0.3 is 10.5 Å². The lowest BCUT2D eigenvalue weighted by Gasteiger charge is -2.09. The maximum atomic E-state index is 7.40. The van der Waals surface area contributed by atoms with E-state index in [0.29, 0.717) is 22.9 Å². The largest absolute Gasteiger partial charge is 0.489 e. The van der Waals surface area contributed by atoms with Crippen LogP contribution in [-0.4, -0.2) is 5.84 Å². The molecule has 0 unspecified atom stereocenters. The van der Waals surface area contributed by atoms with E-state index in [1.807, 2.05) is 24.3 Å². The van der Waals surface area contributed by atoms with Crippen LogP contribution in [0.5, 0.6) is 5.75 Å². The second kappa shape index (κ2) is 6.08. The number of benzene rings is 2. The minimum atomic E-state index is 0.0215. The fourth-order valence-corrected chi connectivity index (χ4v) is 2.38. The van der Waals surface area contributed by atoms with Crippen molar-refractivity contribution in [3.63, 3.8) is 0 Å². The standard InChI is InChI=1S/C14H12BrClN2O/c15-13-7-11(4-5-12(13)14(17)18)19-8-9-2-1-3-10(16)6-9/h1-7H,8H2,(H3,17,18). The van der Waals surface area contributed by atoms with Crippen LogP contribution in [0.3, 0.4) is 0 Å². The van der Waals surface area contributed by atoms with Crippen LogP contribution in [0.2, 0.25) is 5.02 Å². The molecule has 0 amide bonds. The fourth-order valence-electron chi connectivity index (χ4n) is 1.60. The summed E-state index contributed by atoms with van der Waals surface area (Å²) in [5, 5.41) is 8.09. The zero-order valence-corrected chi connectivity index (χ0v) is 12.3. The third-order valence-corrected chi connectivity index (χ3v) is 3.42. The Kier molecular flexibility index (Phi) is 4.45. The lowest BCUT2D eigenvalue weighted by molar-refractivity contribution is 0.306. The van der Waals surface area contributed by atoms with Gasteiger partial charge in [-0.2, -0.15) is 0 Å². The van der Waals surface area contributed by atoms with Gasteiger partial charge in [-0.3, -0.25) is 5.41 Å². The molecule has 2 rings (SSSR count). The van der Waals surface area contributed by atoms with E-state index < -0.39 is 0 Å². The normalized spacial score (nSPS) is 10.2. The van der Waals surface area contributed by atoms with Gasteiger partial charge in [0.2, 0.25) is 0 Å². The minimum absolute atomic E-state index is 0.0215. The van der Waals surface area contributed by atoms with Gasteiger partial charge in [-0.15, -0.1) is 0 Å². The lowest BCUT2D eigenvalue weighted by atomic mass is 10.2. The highest BCUT2D eigenvalue weighted by Crippen LogP contribution is 2.23. The van der Waals surface area contributed by atoms with Crippen LogP contribution in [-0.2, 0) is 6.61 Å². The van der Waals surface area contributed by atoms with Gasteiger partial charge in [-0.1, -0.05) is 23.7 Å². The van der Waals surface area contributed by atoms with Crippen LogP contribution in [0.1, 0.15) is 11.1 Å². The monoisotopic (exact) mass is 338 g/mol. The van der Waals surface area contributed by atoms with Crippen molar-refractivity contribution in [2.24, 2.45) is 5.73 Å². The van der Waals surface area contributed by atoms with Crippen LogP contribution in [0.4, 0.5) is 0 Å². The maximum Gasteiger partial charge on any atom is 0.123 e. The van der Waals surface area contributed by atoms with Crippen molar-refractivity contribution in [2.45, 2.75) is 6.61 Å². The summed E-state index contributed by atoms with van der Waals surface area (Å²) in [6, 6.07) is 12.8. The summed E-state index contributed by atoms with van der Waals surface area (Å²) in [5.74, 6) is 0.727.